The third kappa shape index (κ3) is 2.15. The van der Waals surface area contributed by atoms with E-state index in [1.165, 1.54) is 0 Å². The molecule has 3 atom stereocenters. The molecule has 1 aromatic rings. The minimum atomic E-state index is -0.114. The lowest BCUT2D eigenvalue weighted by atomic mass is 9.75. The highest BCUT2D eigenvalue weighted by Crippen LogP contribution is 2.39. The predicted molar refractivity (Wildman–Crippen MR) is 76.8 cm³/mol. The summed E-state index contributed by atoms with van der Waals surface area (Å²) in [5.41, 5.74) is 1.88. The molecule has 0 saturated heterocycles. The van der Waals surface area contributed by atoms with Crippen molar-refractivity contribution in [3.8, 4) is 5.75 Å². The van der Waals surface area contributed by atoms with Crippen molar-refractivity contribution in [3.05, 3.63) is 47.2 Å². The molecule has 0 aromatic heterocycles. The van der Waals surface area contributed by atoms with E-state index in [4.69, 9.17) is 9.57 Å². The highest BCUT2D eigenvalue weighted by Gasteiger charge is 2.40. The van der Waals surface area contributed by atoms with E-state index in [1.807, 2.05) is 37.3 Å². The van der Waals surface area contributed by atoms with Crippen molar-refractivity contribution >= 4 is 5.71 Å². The summed E-state index contributed by atoms with van der Waals surface area (Å²) in [6.07, 6.45) is 6.09. The van der Waals surface area contributed by atoms with E-state index in [0.717, 1.165) is 29.9 Å². The van der Waals surface area contributed by atoms with E-state index in [-0.39, 0.29) is 12.0 Å². The minimum absolute atomic E-state index is 0.113. The van der Waals surface area contributed by atoms with Crippen LogP contribution in [0.2, 0.25) is 0 Å². The maximum atomic E-state index is 12.0. The Morgan fingerprint density at radius 1 is 1.30 bits per heavy atom. The predicted octanol–water partition coefficient (Wildman–Crippen LogP) is 3.03. The average Bonchev–Trinajstić information content (AvgIpc) is 2.49. The molecule has 4 nitrogen and oxygen atoms in total. The molecule has 0 saturated carbocycles. The van der Waals surface area contributed by atoms with Crippen LogP contribution in [0.3, 0.4) is 0 Å². The Balaban J connectivity index is 1.99. The SMILES string of the molecule is COc1ccc([C@@H]2C(C)=[N+]([O-])O[C@H]3C=CCC[C@H]32)cc1. The van der Waals surface area contributed by atoms with Crippen LogP contribution in [0.1, 0.15) is 31.2 Å². The number of fused-ring (bicyclic) bond motifs is 1. The van der Waals surface area contributed by atoms with Gasteiger partial charge < -0.3 is 9.57 Å². The number of ether oxygens (including phenoxy) is 1. The highest BCUT2D eigenvalue weighted by molar-refractivity contribution is 5.85. The second-order valence-corrected chi connectivity index (χ2v) is 5.39. The van der Waals surface area contributed by atoms with Crippen molar-refractivity contribution in [2.75, 3.05) is 7.11 Å². The molecule has 0 amide bonds. The van der Waals surface area contributed by atoms with E-state index >= 15 is 0 Å². The summed E-state index contributed by atoms with van der Waals surface area (Å²) in [5, 5.41) is 12.0. The fourth-order valence-corrected chi connectivity index (χ4v) is 3.21. The Morgan fingerprint density at radius 3 is 2.75 bits per heavy atom. The average molecular weight is 273 g/mol. The largest absolute Gasteiger partial charge is 0.497 e. The van der Waals surface area contributed by atoms with Crippen LogP contribution >= 0.6 is 0 Å². The summed E-state index contributed by atoms with van der Waals surface area (Å²) in [5.74, 6) is 1.28. The van der Waals surface area contributed by atoms with Gasteiger partial charge in [-0.3, -0.25) is 5.21 Å². The molecule has 0 bridgehead atoms. The maximum absolute atomic E-state index is 12.0. The number of allylic oxidation sites excluding steroid dienone is 1. The minimum Gasteiger partial charge on any atom is -0.497 e. The lowest BCUT2D eigenvalue weighted by Gasteiger charge is -2.38. The maximum Gasteiger partial charge on any atom is 0.226 e. The fourth-order valence-electron chi connectivity index (χ4n) is 3.21. The van der Waals surface area contributed by atoms with Crippen LogP contribution in [0.25, 0.3) is 0 Å². The van der Waals surface area contributed by atoms with Gasteiger partial charge in [-0.15, -0.1) is 0 Å². The number of hydrogen-bond acceptors (Lipinski definition) is 3. The molecule has 0 spiro atoms. The molecule has 4 heteroatoms. The Bertz CT molecular complexity index is 547. The molecule has 1 aliphatic heterocycles. The van der Waals surface area contributed by atoms with E-state index in [1.54, 1.807) is 7.11 Å². The summed E-state index contributed by atoms with van der Waals surface area (Å²) in [7, 11) is 1.65. The van der Waals surface area contributed by atoms with Crippen molar-refractivity contribution in [1.29, 1.82) is 0 Å². The first-order valence-electron chi connectivity index (χ1n) is 6.99. The summed E-state index contributed by atoms with van der Waals surface area (Å²) < 4.78 is 5.20. The molecule has 1 aromatic carbocycles. The van der Waals surface area contributed by atoms with Crippen molar-refractivity contribution < 1.29 is 14.5 Å². The normalized spacial score (nSPS) is 28.8. The summed E-state index contributed by atoms with van der Waals surface area (Å²) in [4.78, 5) is 6.11. The molecular formula is C16H19NO3. The van der Waals surface area contributed by atoms with E-state index < -0.39 is 0 Å². The molecule has 0 unspecified atom stereocenters. The lowest BCUT2D eigenvalue weighted by molar-refractivity contribution is -0.758. The zero-order valence-corrected chi connectivity index (χ0v) is 11.8. The van der Waals surface area contributed by atoms with Crippen LogP contribution in [0.15, 0.2) is 36.4 Å². The Labute approximate surface area is 118 Å². The first-order chi connectivity index (χ1) is 9.70. The number of nitrogens with zero attached hydrogens (tertiary/aromatic N) is 1. The summed E-state index contributed by atoms with van der Waals surface area (Å²) in [6.45, 7) is 1.86. The Kier molecular flexibility index (Phi) is 3.38. The quantitative estimate of drug-likeness (QED) is 0.614. The first-order valence-corrected chi connectivity index (χ1v) is 6.99. The van der Waals surface area contributed by atoms with E-state index in [9.17, 15) is 5.21 Å². The summed E-state index contributed by atoms with van der Waals surface area (Å²) >= 11 is 0. The zero-order chi connectivity index (χ0) is 14.1. The topological polar surface area (TPSA) is 44.5 Å². The van der Waals surface area contributed by atoms with Gasteiger partial charge in [0, 0.05) is 11.8 Å². The van der Waals surface area contributed by atoms with E-state index in [2.05, 4.69) is 6.08 Å². The van der Waals surface area contributed by atoms with Crippen LogP contribution in [0.5, 0.6) is 5.75 Å². The van der Waals surface area contributed by atoms with Crippen molar-refractivity contribution in [2.45, 2.75) is 31.8 Å². The van der Waals surface area contributed by atoms with Gasteiger partial charge in [-0.1, -0.05) is 24.3 Å². The molecule has 20 heavy (non-hydrogen) atoms. The monoisotopic (exact) mass is 273 g/mol. The molecule has 3 rings (SSSR count). The van der Waals surface area contributed by atoms with Gasteiger partial charge in [-0.2, -0.15) is 0 Å². The number of benzene rings is 1. The van der Waals surface area contributed by atoms with Gasteiger partial charge in [-0.05, 0) is 36.5 Å². The second-order valence-electron chi connectivity index (χ2n) is 5.39. The molecule has 1 aliphatic carbocycles. The van der Waals surface area contributed by atoms with Crippen LogP contribution in [-0.4, -0.2) is 23.8 Å². The van der Waals surface area contributed by atoms with Crippen molar-refractivity contribution in [1.82, 2.24) is 0 Å². The second kappa shape index (κ2) is 5.19. The number of rotatable bonds is 2. The lowest BCUT2D eigenvalue weighted by Crippen LogP contribution is -2.42. The van der Waals surface area contributed by atoms with Crippen LogP contribution in [-0.2, 0) is 4.84 Å². The smallest absolute Gasteiger partial charge is 0.226 e. The van der Waals surface area contributed by atoms with Gasteiger partial charge in [-0.25, -0.2) is 0 Å². The standard InChI is InChI=1S/C16H19NO3/c1-11-16(12-7-9-13(19-2)10-8-12)14-5-3-4-6-15(14)20-17(11)18/h4,6-10,14-16H,3,5H2,1-2H3/t14-,15+,16+/m1/s1. The zero-order valence-electron chi connectivity index (χ0n) is 11.8. The third-order valence-electron chi connectivity index (χ3n) is 4.27. The Morgan fingerprint density at radius 2 is 2.05 bits per heavy atom. The highest BCUT2D eigenvalue weighted by atomic mass is 16.9. The Hall–Kier alpha value is -1.97. The molecular weight excluding hydrogens is 254 g/mol. The van der Waals surface area contributed by atoms with Gasteiger partial charge in [0.2, 0.25) is 5.71 Å². The van der Waals surface area contributed by atoms with Gasteiger partial charge in [0.25, 0.3) is 0 Å². The number of methoxy groups -OCH3 is 1. The number of hydrogen-bond donors (Lipinski definition) is 0. The molecule has 106 valence electrons. The first kappa shape index (κ1) is 13.0. The fraction of sp³-hybridized carbons (Fsp3) is 0.438. The van der Waals surface area contributed by atoms with Gasteiger partial charge >= 0.3 is 0 Å². The molecule has 1 heterocycles. The van der Waals surface area contributed by atoms with Crippen LogP contribution in [0, 0.1) is 11.1 Å². The van der Waals surface area contributed by atoms with E-state index in [0.29, 0.717) is 10.8 Å². The molecule has 0 N–H and O–H groups in total. The van der Waals surface area contributed by atoms with Gasteiger partial charge in [0.05, 0.1) is 19.1 Å². The van der Waals surface area contributed by atoms with Gasteiger partial charge in [0.1, 0.15) is 5.75 Å². The molecule has 0 radical (unpaired) electrons. The van der Waals surface area contributed by atoms with Crippen molar-refractivity contribution in [3.63, 3.8) is 0 Å². The molecule has 0 fully saturated rings. The van der Waals surface area contributed by atoms with Crippen molar-refractivity contribution in [2.24, 2.45) is 5.92 Å². The van der Waals surface area contributed by atoms with Crippen LogP contribution in [0.4, 0.5) is 0 Å². The third-order valence-corrected chi connectivity index (χ3v) is 4.27. The van der Waals surface area contributed by atoms with Crippen LogP contribution < -0.4 is 4.74 Å². The van der Waals surface area contributed by atoms with Gasteiger partial charge in [0.15, 0.2) is 0 Å². The summed E-state index contributed by atoms with van der Waals surface area (Å²) in [6, 6.07) is 7.98. The molecule has 2 aliphatic rings.